The van der Waals surface area contributed by atoms with Crippen molar-refractivity contribution in [1.29, 1.82) is 0 Å². The van der Waals surface area contributed by atoms with E-state index in [2.05, 4.69) is 5.09 Å². The monoisotopic (exact) mass is 567 g/mol. The number of imide groups is 1. The average Bonchev–Trinajstić information content (AvgIpc) is 2.84. The van der Waals surface area contributed by atoms with Crippen LogP contribution in [0, 0.1) is 5.41 Å². The second-order valence-corrected chi connectivity index (χ2v) is 11.3. The number of nitrogens with one attached hydrogen (secondary N) is 2. The summed E-state index contributed by atoms with van der Waals surface area (Å²) in [6, 6.07) is -0.689. The first-order valence-electron chi connectivity index (χ1n) is 11.8. The van der Waals surface area contributed by atoms with Crippen molar-refractivity contribution in [3.8, 4) is 0 Å². The molecular weight excluding hydrogens is 525 g/mol. The van der Waals surface area contributed by atoms with Crippen LogP contribution < -0.4 is 10.4 Å². The number of amides is 2. The number of ether oxygens (including phenoxy) is 2. The minimum atomic E-state index is -1.72. The second kappa shape index (κ2) is 19.5. The summed E-state index contributed by atoms with van der Waals surface area (Å²) in [5.74, 6) is -0.619. The summed E-state index contributed by atoms with van der Waals surface area (Å²) < 4.78 is 22.4. The maximum atomic E-state index is 12.2. The van der Waals surface area contributed by atoms with Crippen LogP contribution in [0.3, 0.4) is 0 Å². The Kier molecular flexibility index (Phi) is 18.6. The highest BCUT2D eigenvalue weighted by molar-refractivity contribution is 8.13. The SMILES string of the molecule is COC(CCN(C)/C=C\C(=O)NC=O)COP(NC(C)C(=O)OC(C)C)OCCSC(=O)C(C)(C)CO. The zero-order valence-electron chi connectivity index (χ0n) is 22.7. The van der Waals surface area contributed by atoms with Crippen molar-refractivity contribution in [2.24, 2.45) is 5.41 Å². The lowest BCUT2D eigenvalue weighted by atomic mass is 9.97. The molecule has 12 nitrogen and oxygen atoms in total. The molecular formula is C23H42N3O9PS. The standard InChI is InChI=1S/C23H42N3O9PS/c1-17(2)35-21(30)18(3)25-36(33-12-13-37-22(31)23(4,5)15-27)34-14-19(32-7)8-10-26(6)11-9-20(29)24-16-28/h9,11,16-19,25,27H,8,10,12-15H2,1-7H3,(H,24,28,29)/b11-9-. The summed E-state index contributed by atoms with van der Waals surface area (Å²) in [4.78, 5) is 47.8. The van der Waals surface area contributed by atoms with Gasteiger partial charge in [-0.1, -0.05) is 11.8 Å². The molecule has 0 aliphatic heterocycles. The van der Waals surface area contributed by atoms with Crippen molar-refractivity contribution in [3.05, 3.63) is 12.3 Å². The molecule has 0 aromatic heterocycles. The smallest absolute Gasteiger partial charge is 0.323 e. The molecule has 3 atom stereocenters. The van der Waals surface area contributed by atoms with Crippen molar-refractivity contribution in [1.82, 2.24) is 15.3 Å². The fourth-order valence-electron chi connectivity index (χ4n) is 2.31. The number of carbonyl (C=O) groups is 4. The van der Waals surface area contributed by atoms with Crippen LogP contribution in [0.4, 0.5) is 0 Å². The number of esters is 1. The first-order valence-corrected chi connectivity index (χ1v) is 14.0. The fourth-order valence-corrected chi connectivity index (χ4v) is 4.45. The van der Waals surface area contributed by atoms with Crippen LogP contribution in [0.15, 0.2) is 12.3 Å². The molecule has 0 heterocycles. The number of methoxy groups -OCH3 is 1. The Morgan fingerprint density at radius 2 is 1.86 bits per heavy atom. The third-order valence-corrected chi connectivity index (χ3v) is 7.26. The molecule has 0 aromatic carbocycles. The number of hydrogen-bond acceptors (Lipinski definition) is 12. The zero-order valence-corrected chi connectivity index (χ0v) is 24.4. The lowest BCUT2D eigenvalue weighted by Crippen LogP contribution is -2.35. The van der Waals surface area contributed by atoms with Crippen LogP contribution in [0.1, 0.15) is 41.0 Å². The van der Waals surface area contributed by atoms with Gasteiger partial charge in [-0.05, 0) is 41.0 Å². The molecule has 3 N–H and O–H groups in total. The highest BCUT2D eigenvalue weighted by atomic mass is 32.2. The van der Waals surface area contributed by atoms with Gasteiger partial charge in [0.2, 0.25) is 6.41 Å². The van der Waals surface area contributed by atoms with Gasteiger partial charge in [-0.2, -0.15) is 0 Å². The Labute approximate surface area is 225 Å². The Morgan fingerprint density at radius 3 is 2.43 bits per heavy atom. The highest BCUT2D eigenvalue weighted by Crippen LogP contribution is 2.35. The minimum Gasteiger partial charge on any atom is -0.462 e. The van der Waals surface area contributed by atoms with Crippen LogP contribution in [-0.2, 0) is 37.7 Å². The number of hydrogen-bond donors (Lipinski definition) is 3. The number of nitrogens with zero attached hydrogens (tertiary/aromatic N) is 1. The van der Waals surface area contributed by atoms with Gasteiger partial charge in [-0.3, -0.25) is 24.5 Å². The number of carbonyl (C=O) groups excluding carboxylic acids is 4. The fraction of sp³-hybridized carbons (Fsp3) is 0.739. The number of aliphatic hydroxyl groups is 1. The van der Waals surface area contributed by atoms with E-state index in [0.717, 1.165) is 11.8 Å². The molecule has 0 rings (SSSR count). The lowest BCUT2D eigenvalue weighted by molar-refractivity contribution is -0.149. The number of thioether (sulfide) groups is 1. The van der Waals surface area contributed by atoms with Gasteiger partial charge in [0.05, 0.1) is 37.4 Å². The molecule has 3 unspecified atom stereocenters. The summed E-state index contributed by atoms with van der Waals surface area (Å²) >= 11 is 1.06. The van der Waals surface area contributed by atoms with Gasteiger partial charge in [0.1, 0.15) is 6.04 Å². The highest BCUT2D eigenvalue weighted by Gasteiger charge is 2.27. The molecule has 0 fully saturated rings. The number of rotatable bonds is 20. The van der Waals surface area contributed by atoms with E-state index >= 15 is 0 Å². The van der Waals surface area contributed by atoms with E-state index in [9.17, 15) is 24.3 Å². The normalized spacial score (nSPS) is 14.3. The third-order valence-electron chi connectivity index (χ3n) is 4.67. The molecule has 0 saturated heterocycles. The van der Waals surface area contributed by atoms with Crippen LogP contribution in [0.2, 0.25) is 0 Å². The van der Waals surface area contributed by atoms with Gasteiger partial charge in [0, 0.05) is 38.7 Å². The van der Waals surface area contributed by atoms with Crippen LogP contribution in [0.5, 0.6) is 0 Å². The molecule has 14 heteroatoms. The van der Waals surface area contributed by atoms with Gasteiger partial charge in [-0.15, -0.1) is 0 Å². The Morgan fingerprint density at radius 1 is 1.19 bits per heavy atom. The predicted molar refractivity (Wildman–Crippen MR) is 142 cm³/mol. The molecule has 37 heavy (non-hydrogen) atoms. The van der Waals surface area contributed by atoms with Crippen LogP contribution >= 0.6 is 20.3 Å². The predicted octanol–water partition coefficient (Wildman–Crippen LogP) is 1.58. The molecule has 0 aliphatic carbocycles. The van der Waals surface area contributed by atoms with Crippen molar-refractivity contribution >= 4 is 43.7 Å². The quantitative estimate of drug-likeness (QED) is 0.0644. The number of aliphatic hydroxyl groups excluding tert-OH is 1. The molecule has 0 saturated carbocycles. The van der Waals surface area contributed by atoms with Gasteiger partial charge >= 0.3 is 5.97 Å². The molecule has 0 spiro atoms. The molecule has 2 amide bonds. The summed E-state index contributed by atoms with van der Waals surface area (Å²) in [7, 11) is 1.60. The lowest BCUT2D eigenvalue weighted by Gasteiger charge is -2.25. The summed E-state index contributed by atoms with van der Waals surface area (Å²) in [6.45, 7) is 9.12. The first kappa shape index (κ1) is 35.4. The summed E-state index contributed by atoms with van der Waals surface area (Å²) in [5, 5.41) is 14.2. The summed E-state index contributed by atoms with van der Waals surface area (Å²) in [5.41, 5.74) is -0.842. The topological polar surface area (TPSA) is 153 Å². The van der Waals surface area contributed by atoms with E-state index in [1.54, 1.807) is 59.9 Å². The Balaban J connectivity index is 4.92. The van der Waals surface area contributed by atoms with Crippen LogP contribution in [0.25, 0.3) is 0 Å². The Bertz CT molecular complexity index is 740. The van der Waals surface area contributed by atoms with E-state index in [1.807, 2.05) is 5.32 Å². The molecule has 0 aliphatic rings. The summed E-state index contributed by atoms with van der Waals surface area (Å²) in [6.07, 6.45) is 3.08. The molecule has 214 valence electrons. The maximum absolute atomic E-state index is 12.2. The van der Waals surface area contributed by atoms with Gasteiger partial charge < -0.3 is 28.5 Å². The minimum absolute atomic E-state index is 0.146. The van der Waals surface area contributed by atoms with Gasteiger partial charge in [-0.25, -0.2) is 5.09 Å². The van der Waals surface area contributed by atoms with Gasteiger partial charge in [0.15, 0.2) is 5.12 Å². The van der Waals surface area contributed by atoms with E-state index in [4.69, 9.17) is 18.5 Å². The van der Waals surface area contributed by atoms with Crippen molar-refractivity contribution in [2.45, 2.75) is 59.3 Å². The van der Waals surface area contributed by atoms with Crippen molar-refractivity contribution in [2.75, 3.05) is 46.3 Å². The maximum Gasteiger partial charge on any atom is 0.323 e. The average molecular weight is 568 g/mol. The van der Waals surface area contributed by atoms with E-state index < -0.39 is 31.9 Å². The van der Waals surface area contributed by atoms with E-state index in [0.29, 0.717) is 25.1 Å². The first-order chi connectivity index (χ1) is 17.4. The third kappa shape index (κ3) is 16.8. The molecule has 0 radical (unpaired) electrons. The van der Waals surface area contributed by atoms with Crippen molar-refractivity contribution < 1.29 is 42.8 Å². The molecule has 0 aromatic rings. The van der Waals surface area contributed by atoms with E-state index in [1.165, 1.54) is 6.08 Å². The Hall–Kier alpha value is -1.60. The van der Waals surface area contributed by atoms with E-state index in [-0.39, 0.29) is 37.1 Å². The zero-order chi connectivity index (χ0) is 28.4. The second-order valence-electron chi connectivity index (χ2n) is 8.97. The van der Waals surface area contributed by atoms with Crippen LogP contribution in [-0.4, -0.2) is 97.9 Å². The van der Waals surface area contributed by atoms with Gasteiger partial charge in [0.25, 0.3) is 14.4 Å². The molecule has 0 bridgehead atoms. The largest absolute Gasteiger partial charge is 0.462 e. The van der Waals surface area contributed by atoms with Crippen molar-refractivity contribution in [3.63, 3.8) is 0 Å².